The summed E-state index contributed by atoms with van der Waals surface area (Å²) in [5.74, 6) is -0.731. The predicted octanol–water partition coefficient (Wildman–Crippen LogP) is 2.07. The van der Waals surface area contributed by atoms with Crippen molar-refractivity contribution in [3.63, 3.8) is 0 Å². The first-order valence-corrected chi connectivity index (χ1v) is 5.76. The van der Waals surface area contributed by atoms with Crippen LogP contribution in [0.5, 0.6) is 0 Å². The van der Waals surface area contributed by atoms with Gasteiger partial charge in [0.1, 0.15) is 0 Å². The molecule has 1 heterocycles. The van der Waals surface area contributed by atoms with Crippen molar-refractivity contribution in [2.24, 2.45) is 0 Å². The van der Waals surface area contributed by atoms with E-state index in [1.54, 1.807) is 0 Å². The Morgan fingerprint density at radius 3 is 2.93 bits per heavy atom. The molecule has 0 aromatic rings. The molecule has 0 bridgehead atoms. The third-order valence-electron chi connectivity index (χ3n) is 3.02. The van der Waals surface area contributed by atoms with E-state index in [1.165, 1.54) is 6.42 Å². The van der Waals surface area contributed by atoms with E-state index in [9.17, 15) is 9.18 Å². The number of likely N-dealkylation sites (tertiary alicyclic amines) is 1. The van der Waals surface area contributed by atoms with Crippen LogP contribution in [0.2, 0.25) is 0 Å². The van der Waals surface area contributed by atoms with Gasteiger partial charge in [-0.05, 0) is 32.2 Å². The first kappa shape index (κ1) is 12.4. The Balaban J connectivity index is 2.32. The molecule has 0 aromatic carbocycles. The third-order valence-corrected chi connectivity index (χ3v) is 3.02. The van der Waals surface area contributed by atoms with Crippen LogP contribution in [0.25, 0.3) is 0 Å². The van der Waals surface area contributed by atoms with Gasteiger partial charge in [0.15, 0.2) is 0 Å². The second-order valence-corrected chi connectivity index (χ2v) is 4.16. The molecule has 0 spiro atoms. The minimum atomic E-state index is -0.731. The number of rotatable bonds is 6. The molecule has 88 valence electrons. The van der Waals surface area contributed by atoms with Crippen LogP contribution >= 0.6 is 0 Å². The average molecular weight is 217 g/mol. The summed E-state index contributed by atoms with van der Waals surface area (Å²) in [5.41, 5.74) is 0. The summed E-state index contributed by atoms with van der Waals surface area (Å²) in [4.78, 5) is 12.7. The minimum Gasteiger partial charge on any atom is -0.481 e. The number of halogens is 1. The molecular formula is C11H20FNO2. The zero-order valence-corrected chi connectivity index (χ0v) is 9.12. The number of hydrogen-bond donors (Lipinski definition) is 1. The summed E-state index contributed by atoms with van der Waals surface area (Å²) in [6.07, 6.45) is 4.92. The summed E-state index contributed by atoms with van der Waals surface area (Å²) in [6.45, 7) is 1.51. The van der Waals surface area contributed by atoms with Gasteiger partial charge in [0.2, 0.25) is 0 Å². The molecule has 3 nitrogen and oxygen atoms in total. The Bertz CT molecular complexity index is 199. The lowest BCUT2D eigenvalue weighted by Crippen LogP contribution is -2.40. The quantitative estimate of drug-likeness (QED) is 0.740. The molecule has 0 aliphatic carbocycles. The largest absolute Gasteiger partial charge is 0.481 e. The van der Waals surface area contributed by atoms with Crippen LogP contribution in [0.15, 0.2) is 0 Å². The second kappa shape index (κ2) is 6.77. The maximum Gasteiger partial charge on any atom is 0.303 e. The van der Waals surface area contributed by atoms with Crippen LogP contribution in [-0.2, 0) is 4.79 Å². The van der Waals surface area contributed by atoms with Crippen molar-refractivity contribution >= 4 is 5.97 Å². The van der Waals surface area contributed by atoms with Crippen molar-refractivity contribution in [1.82, 2.24) is 4.90 Å². The molecule has 0 saturated carbocycles. The van der Waals surface area contributed by atoms with E-state index >= 15 is 0 Å². The Morgan fingerprint density at radius 2 is 2.27 bits per heavy atom. The van der Waals surface area contributed by atoms with E-state index in [2.05, 4.69) is 4.90 Å². The van der Waals surface area contributed by atoms with Crippen LogP contribution < -0.4 is 0 Å². The summed E-state index contributed by atoms with van der Waals surface area (Å²) >= 11 is 0. The molecule has 1 atom stereocenters. The Labute approximate surface area is 90.3 Å². The first-order valence-electron chi connectivity index (χ1n) is 5.76. The third kappa shape index (κ3) is 4.60. The summed E-state index contributed by atoms with van der Waals surface area (Å²) in [6, 6.07) is 0.362. The van der Waals surface area contributed by atoms with Crippen LogP contribution in [0, 0.1) is 0 Å². The number of aliphatic carboxylic acids is 1. The molecule has 1 saturated heterocycles. The second-order valence-electron chi connectivity index (χ2n) is 4.16. The number of nitrogens with zero attached hydrogens (tertiary/aromatic N) is 1. The minimum absolute atomic E-state index is 0.233. The number of carboxylic acids is 1. The van der Waals surface area contributed by atoms with Gasteiger partial charge in [0.05, 0.1) is 6.67 Å². The highest BCUT2D eigenvalue weighted by molar-refractivity contribution is 5.66. The van der Waals surface area contributed by atoms with Crippen molar-refractivity contribution in [1.29, 1.82) is 0 Å². The Morgan fingerprint density at radius 1 is 1.47 bits per heavy atom. The summed E-state index contributed by atoms with van der Waals surface area (Å²) in [7, 11) is 0. The Kier molecular flexibility index (Phi) is 5.61. The number of alkyl halides is 1. The van der Waals surface area contributed by atoms with Gasteiger partial charge in [0, 0.05) is 19.0 Å². The van der Waals surface area contributed by atoms with Crippen LogP contribution in [0.3, 0.4) is 0 Å². The molecular weight excluding hydrogens is 197 g/mol. The normalized spacial score (nSPS) is 22.9. The monoisotopic (exact) mass is 217 g/mol. The fourth-order valence-corrected chi connectivity index (χ4v) is 2.23. The molecule has 1 rings (SSSR count). The van der Waals surface area contributed by atoms with Crippen LogP contribution in [0.1, 0.15) is 38.5 Å². The van der Waals surface area contributed by atoms with E-state index in [4.69, 9.17) is 5.11 Å². The van der Waals surface area contributed by atoms with Gasteiger partial charge in [-0.1, -0.05) is 6.42 Å². The number of piperidine rings is 1. The molecule has 15 heavy (non-hydrogen) atoms. The standard InChI is InChI=1S/C11H20FNO2/c12-7-3-9-13-8-2-1-4-10(13)5-6-11(14)15/h10H,1-9H2,(H,14,15). The molecule has 1 aliphatic heterocycles. The van der Waals surface area contributed by atoms with Gasteiger partial charge in [-0.15, -0.1) is 0 Å². The molecule has 1 unspecified atom stereocenters. The molecule has 0 radical (unpaired) electrons. The summed E-state index contributed by atoms with van der Waals surface area (Å²) < 4.78 is 12.1. The molecule has 1 aliphatic rings. The van der Waals surface area contributed by atoms with E-state index in [0.29, 0.717) is 18.9 Å². The van der Waals surface area contributed by atoms with E-state index in [1.807, 2.05) is 0 Å². The van der Waals surface area contributed by atoms with Gasteiger partial charge in [-0.25, -0.2) is 0 Å². The van der Waals surface area contributed by atoms with Gasteiger partial charge < -0.3 is 10.0 Å². The molecule has 0 aromatic heterocycles. The summed E-state index contributed by atoms with van der Waals surface area (Å²) in [5, 5.41) is 8.63. The van der Waals surface area contributed by atoms with Gasteiger partial charge in [-0.2, -0.15) is 0 Å². The van der Waals surface area contributed by atoms with Gasteiger partial charge >= 0.3 is 5.97 Å². The Hall–Kier alpha value is -0.640. The number of carboxylic acid groups (broad SMARTS) is 1. The van der Waals surface area contributed by atoms with E-state index < -0.39 is 5.97 Å². The van der Waals surface area contributed by atoms with Gasteiger partial charge in [0.25, 0.3) is 0 Å². The highest BCUT2D eigenvalue weighted by atomic mass is 19.1. The smallest absolute Gasteiger partial charge is 0.303 e. The average Bonchev–Trinajstić information content (AvgIpc) is 2.24. The molecule has 1 fully saturated rings. The SMILES string of the molecule is O=C(O)CCC1CCCCN1CCCF. The lowest BCUT2D eigenvalue weighted by Gasteiger charge is -2.35. The van der Waals surface area contributed by atoms with Gasteiger partial charge in [-0.3, -0.25) is 9.18 Å². The van der Waals surface area contributed by atoms with Crippen molar-refractivity contribution in [3.8, 4) is 0 Å². The maximum atomic E-state index is 12.1. The van der Waals surface area contributed by atoms with Crippen molar-refractivity contribution < 1.29 is 14.3 Å². The zero-order chi connectivity index (χ0) is 11.1. The zero-order valence-electron chi connectivity index (χ0n) is 9.12. The molecule has 4 heteroatoms. The lowest BCUT2D eigenvalue weighted by molar-refractivity contribution is -0.137. The fraction of sp³-hybridized carbons (Fsp3) is 0.909. The first-order chi connectivity index (χ1) is 7.24. The van der Waals surface area contributed by atoms with Crippen molar-refractivity contribution in [2.45, 2.75) is 44.6 Å². The number of hydrogen-bond acceptors (Lipinski definition) is 2. The number of carbonyl (C=O) groups is 1. The fourth-order valence-electron chi connectivity index (χ4n) is 2.23. The van der Waals surface area contributed by atoms with Crippen LogP contribution in [-0.4, -0.2) is 41.8 Å². The van der Waals surface area contributed by atoms with E-state index in [-0.39, 0.29) is 13.1 Å². The van der Waals surface area contributed by atoms with Crippen molar-refractivity contribution in [3.05, 3.63) is 0 Å². The lowest BCUT2D eigenvalue weighted by atomic mass is 9.98. The highest BCUT2D eigenvalue weighted by Crippen LogP contribution is 2.20. The highest BCUT2D eigenvalue weighted by Gasteiger charge is 2.22. The van der Waals surface area contributed by atoms with Crippen molar-refractivity contribution in [2.75, 3.05) is 19.8 Å². The van der Waals surface area contributed by atoms with Crippen LogP contribution in [0.4, 0.5) is 4.39 Å². The van der Waals surface area contributed by atoms with E-state index in [0.717, 1.165) is 25.9 Å². The topological polar surface area (TPSA) is 40.5 Å². The maximum absolute atomic E-state index is 12.1. The molecule has 0 amide bonds. The molecule has 1 N–H and O–H groups in total. The predicted molar refractivity (Wildman–Crippen MR) is 56.7 cm³/mol.